The molecule has 1 aliphatic rings. The molecule has 0 aromatic heterocycles. The van der Waals surface area contributed by atoms with Crippen molar-refractivity contribution in [3.05, 3.63) is 104 Å². The van der Waals surface area contributed by atoms with Crippen LogP contribution in [0.25, 0.3) is 0 Å². The zero-order valence-electron chi connectivity index (χ0n) is 16.0. The Morgan fingerprint density at radius 3 is 1.97 bits per heavy atom. The van der Waals surface area contributed by atoms with Crippen molar-refractivity contribution >= 4 is 37.8 Å². The molecule has 1 amide bonds. The third kappa shape index (κ3) is 4.47. The van der Waals surface area contributed by atoms with Gasteiger partial charge in [0, 0.05) is 22.4 Å². The number of benzene rings is 3. The van der Waals surface area contributed by atoms with Gasteiger partial charge in [0.1, 0.15) is 12.2 Å². The van der Waals surface area contributed by atoms with E-state index in [9.17, 15) is 4.79 Å². The summed E-state index contributed by atoms with van der Waals surface area (Å²) in [6, 6.07) is 26.1. The van der Waals surface area contributed by atoms with E-state index in [1.54, 1.807) is 0 Å². The minimum absolute atomic E-state index is 0.00938. The van der Waals surface area contributed by atoms with Crippen LogP contribution in [0.1, 0.15) is 28.8 Å². The Hall–Kier alpha value is -1.95. The standard InChI is InChI=1S/C24H21Br2NO2/c1-27-22(17-7-11-19(25)12-8-17)23(18-9-13-20(26)14-10-18)29-21(24(27)28)15-16-5-3-2-4-6-16/h2-14,21-23H,15H2,1H3/t21-,22-,23+/m1/s1. The highest BCUT2D eigenvalue weighted by molar-refractivity contribution is 9.10. The van der Waals surface area contributed by atoms with Crippen LogP contribution in [0.15, 0.2) is 87.8 Å². The highest BCUT2D eigenvalue weighted by atomic mass is 79.9. The summed E-state index contributed by atoms with van der Waals surface area (Å²) in [6.07, 6.45) is -0.201. The number of carbonyl (C=O) groups is 1. The van der Waals surface area contributed by atoms with Gasteiger partial charge in [-0.05, 0) is 41.0 Å². The Morgan fingerprint density at radius 1 is 0.828 bits per heavy atom. The first-order chi connectivity index (χ1) is 14.0. The quantitative estimate of drug-likeness (QED) is 0.421. The highest BCUT2D eigenvalue weighted by Crippen LogP contribution is 2.42. The van der Waals surface area contributed by atoms with Crippen LogP contribution in [0.4, 0.5) is 0 Å². The first-order valence-corrected chi connectivity index (χ1v) is 11.1. The van der Waals surface area contributed by atoms with Crippen molar-refractivity contribution in [2.75, 3.05) is 7.05 Å². The third-order valence-electron chi connectivity index (χ3n) is 5.31. The summed E-state index contributed by atoms with van der Waals surface area (Å²) < 4.78 is 8.50. The van der Waals surface area contributed by atoms with Gasteiger partial charge in [0.25, 0.3) is 5.91 Å². The van der Waals surface area contributed by atoms with E-state index in [1.807, 2.05) is 78.7 Å². The molecule has 5 heteroatoms. The van der Waals surface area contributed by atoms with Gasteiger partial charge in [0.2, 0.25) is 0 Å². The summed E-state index contributed by atoms with van der Waals surface area (Å²) in [4.78, 5) is 15.0. The molecular formula is C24H21Br2NO2. The molecule has 0 saturated carbocycles. The molecule has 29 heavy (non-hydrogen) atoms. The van der Waals surface area contributed by atoms with Crippen molar-refractivity contribution in [3.63, 3.8) is 0 Å². The molecule has 3 aromatic rings. The van der Waals surface area contributed by atoms with Crippen molar-refractivity contribution < 1.29 is 9.53 Å². The second kappa shape index (κ2) is 8.82. The normalized spacial score (nSPS) is 22.0. The maximum absolute atomic E-state index is 13.2. The van der Waals surface area contributed by atoms with Gasteiger partial charge in [-0.1, -0.05) is 86.5 Å². The van der Waals surface area contributed by atoms with E-state index < -0.39 is 6.10 Å². The largest absolute Gasteiger partial charge is 0.358 e. The van der Waals surface area contributed by atoms with E-state index in [4.69, 9.17) is 4.74 Å². The molecule has 0 unspecified atom stereocenters. The minimum atomic E-state index is -0.511. The molecule has 0 aliphatic carbocycles. The van der Waals surface area contributed by atoms with Gasteiger partial charge in [-0.25, -0.2) is 0 Å². The molecule has 1 saturated heterocycles. The zero-order valence-corrected chi connectivity index (χ0v) is 19.1. The lowest BCUT2D eigenvalue weighted by molar-refractivity contribution is -0.171. The molecule has 1 heterocycles. The lowest BCUT2D eigenvalue weighted by atomic mass is 9.91. The first-order valence-electron chi connectivity index (χ1n) is 9.50. The van der Waals surface area contributed by atoms with Crippen LogP contribution in [0, 0.1) is 0 Å². The molecule has 0 bridgehead atoms. The number of rotatable bonds is 4. The summed E-state index contributed by atoms with van der Waals surface area (Å²) in [5, 5.41) is 0. The Morgan fingerprint density at radius 2 is 1.38 bits per heavy atom. The zero-order chi connectivity index (χ0) is 20.4. The Kier molecular flexibility index (Phi) is 6.18. The topological polar surface area (TPSA) is 29.5 Å². The summed E-state index contributed by atoms with van der Waals surface area (Å²) in [6.45, 7) is 0. The molecule has 3 atom stereocenters. The van der Waals surface area contributed by atoms with Crippen LogP contribution >= 0.6 is 31.9 Å². The number of hydrogen-bond donors (Lipinski definition) is 0. The monoisotopic (exact) mass is 513 g/mol. The van der Waals surface area contributed by atoms with E-state index in [0.717, 1.165) is 25.6 Å². The van der Waals surface area contributed by atoms with Crippen molar-refractivity contribution in [2.24, 2.45) is 0 Å². The summed E-state index contributed by atoms with van der Waals surface area (Å²) >= 11 is 7.00. The number of hydrogen-bond acceptors (Lipinski definition) is 2. The van der Waals surface area contributed by atoms with Gasteiger partial charge in [-0.3, -0.25) is 4.79 Å². The van der Waals surface area contributed by atoms with Crippen LogP contribution in [0.2, 0.25) is 0 Å². The van der Waals surface area contributed by atoms with Crippen LogP contribution < -0.4 is 0 Å². The molecule has 1 aliphatic heterocycles. The number of carbonyl (C=O) groups excluding carboxylic acids is 1. The Labute approximate surface area is 187 Å². The average Bonchev–Trinajstić information content (AvgIpc) is 2.74. The van der Waals surface area contributed by atoms with E-state index >= 15 is 0 Å². The molecule has 148 valence electrons. The Balaban J connectivity index is 1.71. The van der Waals surface area contributed by atoms with Gasteiger partial charge in [-0.2, -0.15) is 0 Å². The third-order valence-corrected chi connectivity index (χ3v) is 6.37. The predicted molar refractivity (Wildman–Crippen MR) is 122 cm³/mol. The van der Waals surface area contributed by atoms with Crippen molar-refractivity contribution in [1.82, 2.24) is 4.90 Å². The summed E-state index contributed by atoms with van der Waals surface area (Å²) in [7, 11) is 1.88. The number of halogens is 2. The van der Waals surface area contributed by atoms with Crippen LogP contribution in [-0.2, 0) is 16.0 Å². The smallest absolute Gasteiger partial charge is 0.252 e. The molecular weight excluding hydrogens is 494 g/mol. The fraction of sp³-hybridized carbons (Fsp3) is 0.208. The number of nitrogens with zero attached hydrogens (tertiary/aromatic N) is 1. The average molecular weight is 515 g/mol. The SMILES string of the molecule is CN1C(=O)[C@@H](Cc2ccccc2)O[C@@H](c2ccc(Br)cc2)[C@H]1c1ccc(Br)cc1. The van der Waals surface area contributed by atoms with Gasteiger partial charge in [0.15, 0.2) is 0 Å². The molecule has 3 nitrogen and oxygen atoms in total. The highest BCUT2D eigenvalue weighted by Gasteiger charge is 2.42. The van der Waals surface area contributed by atoms with E-state index in [-0.39, 0.29) is 18.1 Å². The van der Waals surface area contributed by atoms with Gasteiger partial charge in [-0.15, -0.1) is 0 Å². The maximum atomic E-state index is 13.2. The predicted octanol–water partition coefficient (Wildman–Crippen LogP) is 6.09. The lowest BCUT2D eigenvalue weighted by Crippen LogP contribution is -2.49. The Bertz CT molecular complexity index is 974. The second-order valence-corrected chi connectivity index (χ2v) is 9.06. The molecule has 3 aromatic carbocycles. The van der Waals surface area contributed by atoms with Gasteiger partial charge >= 0.3 is 0 Å². The number of ether oxygens (including phenoxy) is 1. The van der Waals surface area contributed by atoms with Crippen molar-refractivity contribution in [1.29, 1.82) is 0 Å². The maximum Gasteiger partial charge on any atom is 0.252 e. The minimum Gasteiger partial charge on any atom is -0.358 e. The second-order valence-electron chi connectivity index (χ2n) is 7.23. The lowest BCUT2D eigenvalue weighted by Gasteiger charge is -2.43. The van der Waals surface area contributed by atoms with E-state index in [1.165, 1.54) is 0 Å². The van der Waals surface area contributed by atoms with Crippen LogP contribution in [0.5, 0.6) is 0 Å². The van der Waals surface area contributed by atoms with E-state index in [2.05, 4.69) is 44.0 Å². The van der Waals surface area contributed by atoms with E-state index in [0.29, 0.717) is 6.42 Å². The molecule has 0 spiro atoms. The van der Waals surface area contributed by atoms with Gasteiger partial charge < -0.3 is 9.64 Å². The van der Waals surface area contributed by atoms with Crippen molar-refractivity contribution in [2.45, 2.75) is 24.7 Å². The molecule has 0 radical (unpaired) electrons. The summed E-state index contributed by atoms with van der Waals surface area (Å²) in [5.74, 6) is 0.00938. The number of likely N-dealkylation sites (N-methyl/N-ethyl adjacent to an activating group) is 1. The molecule has 4 rings (SSSR count). The summed E-state index contributed by atoms with van der Waals surface area (Å²) in [5.41, 5.74) is 3.20. The number of amides is 1. The van der Waals surface area contributed by atoms with Crippen LogP contribution in [-0.4, -0.2) is 24.0 Å². The van der Waals surface area contributed by atoms with Gasteiger partial charge in [0.05, 0.1) is 6.04 Å². The molecule has 0 N–H and O–H groups in total. The number of morpholine rings is 1. The van der Waals surface area contributed by atoms with Crippen LogP contribution in [0.3, 0.4) is 0 Å². The van der Waals surface area contributed by atoms with Crippen molar-refractivity contribution in [3.8, 4) is 0 Å². The fourth-order valence-corrected chi connectivity index (χ4v) is 4.34. The first kappa shape index (κ1) is 20.3. The molecule has 1 fully saturated rings. The fourth-order valence-electron chi connectivity index (χ4n) is 3.81.